The number of pyridine rings is 1. The number of benzene rings is 1. The minimum atomic E-state index is -3.28. The molecule has 10 nitrogen and oxygen atoms in total. The van der Waals surface area contributed by atoms with Crippen LogP contribution >= 0.6 is 0 Å². The van der Waals surface area contributed by atoms with Gasteiger partial charge in [-0.2, -0.15) is 8.78 Å². The van der Waals surface area contributed by atoms with Gasteiger partial charge in [-0.05, 0) is 17.7 Å². The van der Waals surface area contributed by atoms with Gasteiger partial charge < -0.3 is 15.4 Å². The van der Waals surface area contributed by atoms with Gasteiger partial charge in [0.15, 0.2) is 5.65 Å². The van der Waals surface area contributed by atoms with E-state index in [0.29, 0.717) is 22.6 Å². The van der Waals surface area contributed by atoms with Crippen molar-refractivity contribution in [2.75, 3.05) is 5.73 Å². The molecule has 0 fully saturated rings. The third kappa shape index (κ3) is 4.01. The van der Waals surface area contributed by atoms with Crippen LogP contribution in [0.25, 0.3) is 28.0 Å². The number of fused-ring (bicyclic) bond motifs is 1. The number of alkyl halides is 2. The van der Waals surface area contributed by atoms with Crippen molar-refractivity contribution >= 4 is 11.6 Å². The maximum atomic E-state index is 14.3. The van der Waals surface area contributed by atoms with Crippen LogP contribution in [0.5, 0.6) is 0 Å². The van der Waals surface area contributed by atoms with Gasteiger partial charge in [-0.15, -0.1) is 5.10 Å². The Hall–Kier alpha value is -4.45. The molecule has 0 saturated heterocycles. The molecule has 0 unspecified atom stereocenters. The molecule has 0 bridgehead atoms. The summed E-state index contributed by atoms with van der Waals surface area (Å²) in [5.74, 6) is -2.81. The molecule has 12 heteroatoms. The SMILES string of the molecule is Cn1ccnc1Cn1nc2c(-c3cc(CO)nc(C(C)(F)F)c3)c(-c3ccccc3)nc(N)n2c1=O. The van der Waals surface area contributed by atoms with Gasteiger partial charge in [-0.3, -0.25) is 0 Å². The van der Waals surface area contributed by atoms with Crippen molar-refractivity contribution in [1.29, 1.82) is 0 Å². The molecule has 0 aliphatic heterocycles. The zero-order valence-corrected chi connectivity index (χ0v) is 19.4. The molecule has 4 heterocycles. The molecular weight excluding hydrogens is 470 g/mol. The molecule has 36 heavy (non-hydrogen) atoms. The molecular formula is C24H22F2N8O2. The summed E-state index contributed by atoms with van der Waals surface area (Å²) >= 11 is 0. The fourth-order valence-corrected chi connectivity index (χ4v) is 4.00. The Balaban J connectivity index is 1.86. The topological polar surface area (TPSA) is 129 Å². The second-order valence-corrected chi connectivity index (χ2v) is 8.39. The fraction of sp³-hybridized carbons (Fsp3) is 0.208. The summed E-state index contributed by atoms with van der Waals surface area (Å²) in [4.78, 5) is 25.9. The van der Waals surface area contributed by atoms with E-state index in [4.69, 9.17) is 5.73 Å². The first-order valence-corrected chi connectivity index (χ1v) is 11.0. The van der Waals surface area contributed by atoms with Crippen LogP contribution in [0.3, 0.4) is 0 Å². The first-order valence-electron chi connectivity index (χ1n) is 11.0. The summed E-state index contributed by atoms with van der Waals surface area (Å²) in [7, 11) is 1.79. The molecule has 0 amide bonds. The average molecular weight is 492 g/mol. The molecule has 3 N–H and O–H groups in total. The molecule has 0 aliphatic carbocycles. The van der Waals surface area contributed by atoms with Gasteiger partial charge in [-0.1, -0.05) is 30.3 Å². The molecule has 184 valence electrons. The third-order valence-electron chi connectivity index (χ3n) is 5.79. The Labute approximate surface area is 203 Å². The number of aromatic nitrogens is 7. The van der Waals surface area contributed by atoms with Gasteiger partial charge in [0.05, 0.1) is 23.6 Å². The Kier molecular flexibility index (Phi) is 5.59. The van der Waals surface area contributed by atoms with E-state index in [2.05, 4.69) is 20.1 Å². The highest BCUT2D eigenvalue weighted by Crippen LogP contribution is 2.37. The summed E-state index contributed by atoms with van der Waals surface area (Å²) in [5, 5.41) is 14.3. The minimum absolute atomic E-state index is 0.0350. The van der Waals surface area contributed by atoms with Crippen LogP contribution in [0.4, 0.5) is 14.7 Å². The summed E-state index contributed by atoms with van der Waals surface area (Å²) in [6, 6.07) is 11.7. The number of rotatable bonds is 6. The van der Waals surface area contributed by atoms with Crippen LogP contribution in [0.1, 0.15) is 24.1 Å². The third-order valence-corrected chi connectivity index (χ3v) is 5.79. The quantitative estimate of drug-likeness (QED) is 0.373. The maximum Gasteiger partial charge on any atom is 0.353 e. The lowest BCUT2D eigenvalue weighted by Crippen LogP contribution is -2.24. The lowest BCUT2D eigenvalue weighted by Gasteiger charge is -2.16. The number of hydrogen-bond donors (Lipinski definition) is 2. The van der Waals surface area contributed by atoms with Crippen LogP contribution in [-0.4, -0.2) is 38.8 Å². The predicted octanol–water partition coefficient (Wildman–Crippen LogP) is 2.59. The van der Waals surface area contributed by atoms with Gasteiger partial charge in [0, 0.05) is 31.9 Å². The number of aliphatic hydroxyl groups is 1. The number of imidazole rings is 1. The lowest BCUT2D eigenvalue weighted by molar-refractivity contribution is 0.0124. The monoisotopic (exact) mass is 492 g/mol. The molecule has 0 aliphatic rings. The van der Waals surface area contributed by atoms with Crippen molar-refractivity contribution in [3.63, 3.8) is 0 Å². The van der Waals surface area contributed by atoms with Crippen molar-refractivity contribution in [2.45, 2.75) is 26.0 Å². The summed E-state index contributed by atoms with van der Waals surface area (Å²) in [5.41, 5.74) is 6.83. The number of aryl methyl sites for hydroxylation is 1. The number of hydrogen-bond acceptors (Lipinski definition) is 7. The standard InChI is InChI=1S/C24H22F2N8O2/c1-24(25,26)17-11-15(10-16(13-35)29-17)19-20(14-6-4-3-5-7-14)30-22(27)34-21(19)31-33(23(34)36)12-18-28-8-9-32(18)2/h3-11,35H,12-13H2,1-2H3,(H2,27,30). The van der Waals surface area contributed by atoms with E-state index >= 15 is 0 Å². The highest BCUT2D eigenvalue weighted by atomic mass is 19.3. The van der Waals surface area contributed by atoms with E-state index in [1.807, 2.05) is 6.07 Å². The molecule has 5 rings (SSSR count). The van der Waals surface area contributed by atoms with Gasteiger partial charge in [0.2, 0.25) is 5.95 Å². The minimum Gasteiger partial charge on any atom is -0.390 e. The van der Waals surface area contributed by atoms with Crippen LogP contribution < -0.4 is 11.4 Å². The highest BCUT2D eigenvalue weighted by molar-refractivity contribution is 5.90. The van der Waals surface area contributed by atoms with Crippen molar-refractivity contribution in [3.8, 4) is 22.4 Å². The van der Waals surface area contributed by atoms with E-state index < -0.39 is 23.9 Å². The van der Waals surface area contributed by atoms with Crippen LogP contribution in [0.2, 0.25) is 0 Å². The zero-order valence-electron chi connectivity index (χ0n) is 19.4. The summed E-state index contributed by atoms with van der Waals surface area (Å²) < 4.78 is 32.7. The van der Waals surface area contributed by atoms with Crippen LogP contribution in [0.15, 0.2) is 59.7 Å². The van der Waals surface area contributed by atoms with Crippen molar-refractivity contribution in [3.05, 3.63) is 82.6 Å². The Morgan fingerprint density at radius 3 is 2.50 bits per heavy atom. The van der Waals surface area contributed by atoms with Crippen LogP contribution in [-0.2, 0) is 26.1 Å². The van der Waals surface area contributed by atoms with E-state index in [-0.39, 0.29) is 29.4 Å². The first kappa shape index (κ1) is 23.3. The van der Waals surface area contributed by atoms with Gasteiger partial charge >= 0.3 is 5.69 Å². The number of nitrogen functional groups attached to an aromatic ring is 1. The number of halogens is 2. The fourth-order valence-electron chi connectivity index (χ4n) is 4.00. The van der Waals surface area contributed by atoms with E-state index in [1.54, 1.807) is 48.3 Å². The smallest absolute Gasteiger partial charge is 0.353 e. The van der Waals surface area contributed by atoms with Crippen LogP contribution in [0, 0.1) is 0 Å². The molecule has 5 aromatic rings. The molecule has 4 aromatic heterocycles. The van der Waals surface area contributed by atoms with Gasteiger partial charge in [-0.25, -0.2) is 28.8 Å². The Morgan fingerprint density at radius 1 is 1.11 bits per heavy atom. The maximum absolute atomic E-state index is 14.3. The average Bonchev–Trinajstić information content (AvgIpc) is 3.41. The molecule has 0 radical (unpaired) electrons. The summed E-state index contributed by atoms with van der Waals surface area (Å²) in [6.45, 7) is 0.220. The van der Waals surface area contributed by atoms with Gasteiger partial charge in [0.1, 0.15) is 18.1 Å². The van der Waals surface area contributed by atoms with Gasteiger partial charge in [0.25, 0.3) is 5.92 Å². The molecule has 0 saturated carbocycles. The largest absolute Gasteiger partial charge is 0.390 e. The molecule has 0 spiro atoms. The first-order chi connectivity index (χ1) is 17.2. The van der Waals surface area contributed by atoms with E-state index in [1.165, 1.54) is 16.8 Å². The second kappa shape index (κ2) is 8.64. The molecule has 1 aromatic carbocycles. The number of aliphatic hydroxyl groups excluding tert-OH is 1. The van der Waals surface area contributed by atoms with E-state index in [0.717, 1.165) is 11.3 Å². The highest BCUT2D eigenvalue weighted by Gasteiger charge is 2.29. The van der Waals surface area contributed by atoms with Crippen molar-refractivity contribution in [2.24, 2.45) is 7.05 Å². The van der Waals surface area contributed by atoms with E-state index in [9.17, 15) is 18.7 Å². The number of anilines is 1. The second-order valence-electron chi connectivity index (χ2n) is 8.39. The Bertz CT molecular complexity index is 1630. The normalized spacial score (nSPS) is 11.9. The van der Waals surface area contributed by atoms with Crippen molar-refractivity contribution in [1.82, 2.24) is 33.7 Å². The van der Waals surface area contributed by atoms with Crippen molar-refractivity contribution < 1.29 is 13.9 Å². The summed E-state index contributed by atoms with van der Waals surface area (Å²) in [6.07, 6.45) is 3.34. The molecule has 0 atom stereocenters. The number of nitrogens with zero attached hydrogens (tertiary/aromatic N) is 7. The zero-order chi connectivity index (χ0) is 25.6. The number of nitrogens with two attached hydrogens (primary N) is 1. The lowest BCUT2D eigenvalue weighted by atomic mass is 9.98. The Morgan fingerprint density at radius 2 is 1.86 bits per heavy atom. The predicted molar refractivity (Wildman–Crippen MR) is 128 cm³/mol.